The fourth-order valence-electron chi connectivity index (χ4n) is 2.19. The van der Waals surface area contributed by atoms with Crippen molar-refractivity contribution in [3.8, 4) is 12.3 Å². The molecule has 0 atom stereocenters. The molecule has 0 fully saturated rings. The molecule has 130 valence electrons. The van der Waals surface area contributed by atoms with E-state index < -0.39 is 21.7 Å². The zero-order valence-electron chi connectivity index (χ0n) is 13.6. The van der Waals surface area contributed by atoms with Gasteiger partial charge in [-0.3, -0.25) is 4.79 Å². The molecule has 0 aliphatic heterocycles. The van der Waals surface area contributed by atoms with Crippen LogP contribution in [0.25, 0.3) is 0 Å². The fraction of sp³-hybridized carbons (Fsp3) is 0.167. The number of rotatable bonds is 6. The zero-order chi connectivity index (χ0) is 18.4. The molecule has 25 heavy (non-hydrogen) atoms. The molecule has 0 aromatic heterocycles. The van der Waals surface area contributed by atoms with Crippen LogP contribution in [-0.4, -0.2) is 32.8 Å². The maximum absolute atomic E-state index is 13.7. The first kappa shape index (κ1) is 18.6. The highest BCUT2D eigenvalue weighted by atomic mass is 32.2. The van der Waals surface area contributed by atoms with Crippen molar-refractivity contribution in [3.63, 3.8) is 0 Å². The van der Waals surface area contributed by atoms with Crippen LogP contribution < -0.4 is 4.72 Å². The highest BCUT2D eigenvalue weighted by Gasteiger charge is 2.18. The second kappa shape index (κ2) is 7.92. The molecule has 0 radical (unpaired) electrons. The lowest BCUT2D eigenvalue weighted by Crippen LogP contribution is -2.27. The third-order valence-corrected chi connectivity index (χ3v) is 4.87. The number of hydrogen-bond donors (Lipinski definition) is 1. The summed E-state index contributed by atoms with van der Waals surface area (Å²) >= 11 is 0. The van der Waals surface area contributed by atoms with Gasteiger partial charge >= 0.3 is 0 Å². The normalized spacial score (nSPS) is 10.9. The van der Waals surface area contributed by atoms with E-state index in [1.165, 1.54) is 42.3 Å². The lowest BCUT2D eigenvalue weighted by Gasteiger charge is -2.18. The monoisotopic (exact) mass is 360 g/mol. The molecule has 1 N–H and O–H groups in total. The molecule has 0 aliphatic rings. The van der Waals surface area contributed by atoms with E-state index in [1.807, 2.05) is 0 Å². The molecule has 1 amide bonds. The number of carbonyl (C=O) groups excluding carboxylic acids is 1. The first-order valence-electron chi connectivity index (χ1n) is 7.37. The Morgan fingerprint density at radius 1 is 1.24 bits per heavy atom. The van der Waals surface area contributed by atoms with Crippen LogP contribution in [0, 0.1) is 18.2 Å². The van der Waals surface area contributed by atoms with Crippen molar-refractivity contribution in [1.82, 2.24) is 9.62 Å². The lowest BCUT2D eigenvalue weighted by molar-refractivity contribution is 0.0783. The number of sulfonamides is 1. The Kier molecular flexibility index (Phi) is 5.91. The molecule has 0 aliphatic carbocycles. The van der Waals surface area contributed by atoms with E-state index in [0.717, 1.165) is 0 Å². The smallest absolute Gasteiger partial charge is 0.253 e. The maximum Gasteiger partial charge on any atom is 0.253 e. The number of terminal acetylenes is 1. The Balaban J connectivity index is 2.21. The van der Waals surface area contributed by atoms with Crippen molar-refractivity contribution >= 4 is 15.9 Å². The number of carbonyl (C=O) groups is 1. The minimum absolute atomic E-state index is 0.0621. The van der Waals surface area contributed by atoms with E-state index in [9.17, 15) is 17.6 Å². The van der Waals surface area contributed by atoms with Gasteiger partial charge in [0.05, 0.1) is 11.4 Å². The number of hydrogen-bond acceptors (Lipinski definition) is 3. The predicted octanol–water partition coefficient (Wildman–Crippen LogP) is 2.01. The van der Waals surface area contributed by atoms with Gasteiger partial charge in [-0.05, 0) is 24.3 Å². The van der Waals surface area contributed by atoms with Crippen molar-refractivity contribution in [1.29, 1.82) is 0 Å². The van der Waals surface area contributed by atoms with Crippen LogP contribution in [0.1, 0.15) is 15.9 Å². The van der Waals surface area contributed by atoms with Gasteiger partial charge in [0.2, 0.25) is 10.0 Å². The topological polar surface area (TPSA) is 66.5 Å². The Hall–Kier alpha value is -2.69. The molecule has 7 heteroatoms. The molecule has 0 saturated carbocycles. The van der Waals surface area contributed by atoms with Gasteiger partial charge in [-0.2, -0.15) is 4.72 Å². The number of amides is 1. The summed E-state index contributed by atoms with van der Waals surface area (Å²) in [5.41, 5.74) is 0.556. The predicted molar refractivity (Wildman–Crippen MR) is 92.7 cm³/mol. The van der Waals surface area contributed by atoms with Gasteiger partial charge in [0.15, 0.2) is 0 Å². The highest BCUT2D eigenvalue weighted by molar-refractivity contribution is 7.89. The van der Waals surface area contributed by atoms with E-state index in [4.69, 9.17) is 6.42 Å². The average molecular weight is 360 g/mol. The van der Waals surface area contributed by atoms with E-state index in [2.05, 4.69) is 10.6 Å². The largest absolute Gasteiger partial charge is 0.337 e. The summed E-state index contributed by atoms with van der Waals surface area (Å²) in [6, 6.07) is 11.8. The third-order valence-electron chi connectivity index (χ3n) is 3.47. The Bertz CT molecular complexity index is 920. The molecule has 0 bridgehead atoms. The number of nitrogens with zero attached hydrogens (tertiary/aromatic N) is 1. The summed E-state index contributed by atoms with van der Waals surface area (Å²) < 4.78 is 40.1. The van der Waals surface area contributed by atoms with Crippen LogP contribution >= 0.6 is 0 Å². The summed E-state index contributed by atoms with van der Waals surface area (Å²) in [5.74, 6) is 1.36. The lowest BCUT2D eigenvalue weighted by atomic mass is 10.1. The molecule has 0 spiro atoms. The third kappa shape index (κ3) is 4.66. The second-order valence-corrected chi connectivity index (χ2v) is 7.08. The van der Waals surface area contributed by atoms with E-state index >= 15 is 0 Å². The van der Waals surface area contributed by atoms with Gasteiger partial charge in [0, 0.05) is 24.7 Å². The van der Waals surface area contributed by atoms with Gasteiger partial charge in [0.1, 0.15) is 5.82 Å². The first-order valence-corrected chi connectivity index (χ1v) is 8.85. The highest BCUT2D eigenvalue weighted by Crippen LogP contribution is 2.15. The van der Waals surface area contributed by atoms with Crippen LogP contribution in [0.5, 0.6) is 0 Å². The maximum atomic E-state index is 13.7. The van der Waals surface area contributed by atoms with Crippen molar-refractivity contribution in [2.45, 2.75) is 11.4 Å². The fourth-order valence-corrected chi connectivity index (χ4v) is 3.17. The molecule has 0 unspecified atom stereocenters. The molecule has 2 rings (SSSR count). The van der Waals surface area contributed by atoms with Gasteiger partial charge in [-0.1, -0.05) is 30.2 Å². The molecule has 2 aromatic carbocycles. The van der Waals surface area contributed by atoms with Crippen molar-refractivity contribution in [2.75, 3.05) is 13.6 Å². The quantitative estimate of drug-likeness (QED) is 0.802. The SMILES string of the molecule is C#CCNS(=O)(=O)c1cccc(C(=O)N(C)Cc2ccccc2F)c1. The average Bonchev–Trinajstić information content (AvgIpc) is 2.61. The van der Waals surface area contributed by atoms with Crippen LogP contribution in [0.4, 0.5) is 4.39 Å². The molecular formula is C18H17FN2O3S. The van der Waals surface area contributed by atoms with Gasteiger partial charge < -0.3 is 4.90 Å². The molecule has 2 aromatic rings. The van der Waals surface area contributed by atoms with Gasteiger partial charge in [0.25, 0.3) is 5.91 Å². The summed E-state index contributed by atoms with van der Waals surface area (Å²) in [5, 5.41) is 0. The Morgan fingerprint density at radius 2 is 1.96 bits per heavy atom. The minimum atomic E-state index is -3.79. The number of halogens is 1. The van der Waals surface area contributed by atoms with Gasteiger partial charge in [-0.25, -0.2) is 12.8 Å². The van der Waals surface area contributed by atoms with Crippen molar-refractivity contribution < 1.29 is 17.6 Å². The number of nitrogens with one attached hydrogen (secondary N) is 1. The zero-order valence-corrected chi connectivity index (χ0v) is 14.4. The molecule has 0 saturated heterocycles. The van der Waals surface area contributed by atoms with Crippen molar-refractivity contribution in [3.05, 3.63) is 65.5 Å². The van der Waals surface area contributed by atoms with E-state index in [1.54, 1.807) is 18.2 Å². The van der Waals surface area contributed by atoms with Crippen LogP contribution in [0.3, 0.4) is 0 Å². The molecular weight excluding hydrogens is 343 g/mol. The summed E-state index contributed by atoms with van der Waals surface area (Å²) in [6.45, 7) is -0.0779. The minimum Gasteiger partial charge on any atom is -0.337 e. The first-order chi connectivity index (χ1) is 11.8. The van der Waals surface area contributed by atoms with Crippen LogP contribution in [0.2, 0.25) is 0 Å². The van der Waals surface area contributed by atoms with Crippen molar-refractivity contribution in [2.24, 2.45) is 0 Å². The second-order valence-electron chi connectivity index (χ2n) is 5.31. The van der Waals surface area contributed by atoms with Gasteiger partial charge in [-0.15, -0.1) is 6.42 Å². The Morgan fingerprint density at radius 3 is 2.64 bits per heavy atom. The molecule has 0 heterocycles. The summed E-state index contributed by atoms with van der Waals surface area (Å²) in [7, 11) is -2.27. The van der Waals surface area contributed by atoms with E-state index in [0.29, 0.717) is 5.56 Å². The van der Waals surface area contributed by atoms with Crippen LogP contribution in [-0.2, 0) is 16.6 Å². The summed E-state index contributed by atoms with van der Waals surface area (Å²) in [6.07, 6.45) is 5.05. The summed E-state index contributed by atoms with van der Waals surface area (Å²) in [4.78, 5) is 13.8. The Labute approximate surface area is 146 Å². The standard InChI is InChI=1S/C18H17FN2O3S/c1-3-11-20-25(23,24)16-9-6-8-14(12-16)18(22)21(2)13-15-7-4-5-10-17(15)19/h1,4-10,12,20H,11,13H2,2H3. The van der Waals surface area contributed by atoms with Crippen LogP contribution in [0.15, 0.2) is 53.4 Å². The van der Waals surface area contributed by atoms with E-state index in [-0.39, 0.29) is 23.5 Å². The number of benzene rings is 2. The molecule has 5 nitrogen and oxygen atoms in total.